The number of para-hydroxylation sites is 1. The molecule has 0 saturated carbocycles. The highest BCUT2D eigenvalue weighted by atomic mass is 32.1. The standard InChI is InChI=1S/C14H13N3O3S/c1-8-7-15-13(21-8)16-14(20)17-10-5-3-2-4-9(10)6-11(17)12(18)19/h2-5,7,11H,6H2,1H3,(H,18,19)(H,15,16,20). The van der Waals surface area contributed by atoms with Gasteiger partial charge in [0.25, 0.3) is 0 Å². The van der Waals surface area contributed by atoms with Crippen molar-refractivity contribution in [1.29, 1.82) is 0 Å². The second kappa shape index (κ2) is 5.17. The van der Waals surface area contributed by atoms with Gasteiger partial charge in [0.1, 0.15) is 6.04 Å². The predicted molar refractivity (Wildman–Crippen MR) is 79.9 cm³/mol. The van der Waals surface area contributed by atoms with Crippen LogP contribution >= 0.6 is 11.3 Å². The Balaban J connectivity index is 1.90. The number of benzene rings is 1. The van der Waals surface area contributed by atoms with E-state index in [1.807, 2.05) is 19.1 Å². The number of aryl methyl sites for hydroxylation is 1. The molecule has 3 rings (SSSR count). The number of nitrogens with zero attached hydrogens (tertiary/aromatic N) is 2. The summed E-state index contributed by atoms with van der Waals surface area (Å²) in [6, 6.07) is 5.86. The van der Waals surface area contributed by atoms with Gasteiger partial charge in [0, 0.05) is 23.2 Å². The highest BCUT2D eigenvalue weighted by Gasteiger charge is 2.38. The summed E-state index contributed by atoms with van der Waals surface area (Å²) < 4.78 is 0. The Kier molecular flexibility index (Phi) is 3.34. The van der Waals surface area contributed by atoms with Gasteiger partial charge in [-0.2, -0.15) is 0 Å². The van der Waals surface area contributed by atoms with Crippen molar-refractivity contribution < 1.29 is 14.7 Å². The van der Waals surface area contributed by atoms with Crippen LogP contribution in [-0.4, -0.2) is 28.1 Å². The van der Waals surface area contributed by atoms with Gasteiger partial charge in [-0.3, -0.25) is 10.2 Å². The Morgan fingerprint density at radius 2 is 2.19 bits per heavy atom. The van der Waals surface area contributed by atoms with E-state index in [9.17, 15) is 14.7 Å². The first-order chi connectivity index (χ1) is 10.1. The van der Waals surface area contributed by atoms with Crippen molar-refractivity contribution in [3.05, 3.63) is 40.9 Å². The average molecular weight is 303 g/mol. The third kappa shape index (κ3) is 2.47. The number of carbonyl (C=O) groups is 2. The van der Waals surface area contributed by atoms with Crippen LogP contribution in [0, 0.1) is 6.92 Å². The number of anilines is 2. The summed E-state index contributed by atoms with van der Waals surface area (Å²) in [6.07, 6.45) is 1.97. The summed E-state index contributed by atoms with van der Waals surface area (Å²) in [5.41, 5.74) is 1.49. The predicted octanol–water partition coefficient (Wildman–Crippen LogP) is 2.50. The van der Waals surface area contributed by atoms with E-state index in [0.717, 1.165) is 10.4 Å². The van der Waals surface area contributed by atoms with Crippen LogP contribution in [0.25, 0.3) is 0 Å². The molecule has 0 spiro atoms. The van der Waals surface area contributed by atoms with Crippen molar-refractivity contribution in [3.63, 3.8) is 0 Å². The normalized spacial score (nSPS) is 16.6. The van der Waals surface area contributed by atoms with E-state index in [2.05, 4.69) is 10.3 Å². The van der Waals surface area contributed by atoms with Crippen LogP contribution < -0.4 is 10.2 Å². The number of hydrogen-bond acceptors (Lipinski definition) is 4. The van der Waals surface area contributed by atoms with Crippen molar-refractivity contribution >= 4 is 34.2 Å². The van der Waals surface area contributed by atoms with Gasteiger partial charge in [-0.1, -0.05) is 18.2 Å². The molecule has 7 heteroatoms. The van der Waals surface area contributed by atoms with Gasteiger partial charge < -0.3 is 5.11 Å². The first-order valence-electron chi connectivity index (χ1n) is 6.39. The highest BCUT2D eigenvalue weighted by Crippen LogP contribution is 2.33. The van der Waals surface area contributed by atoms with Crippen molar-refractivity contribution in [3.8, 4) is 0 Å². The zero-order chi connectivity index (χ0) is 15.0. The maximum absolute atomic E-state index is 12.4. The Morgan fingerprint density at radius 3 is 2.86 bits per heavy atom. The molecule has 1 atom stereocenters. The lowest BCUT2D eigenvalue weighted by molar-refractivity contribution is -0.138. The molecule has 6 nitrogen and oxygen atoms in total. The molecule has 1 aliphatic heterocycles. The maximum atomic E-state index is 12.4. The third-order valence-electron chi connectivity index (χ3n) is 3.32. The summed E-state index contributed by atoms with van der Waals surface area (Å²) in [5, 5.41) is 12.5. The largest absolute Gasteiger partial charge is 0.480 e. The fourth-order valence-corrected chi connectivity index (χ4v) is 3.05. The molecular weight excluding hydrogens is 290 g/mol. The Hall–Kier alpha value is -2.41. The van der Waals surface area contributed by atoms with Crippen LogP contribution in [0.2, 0.25) is 0 Å². The molecule has 0 saturated heterocycles. The highest BCUT2D eigenvalue weighted by molar-refractivity contribution is 7.15. The SMILES string of the molecule is Cc1cnc(NC(=O)N2c3ccccc3CC2C(=O)O)s1. The van der Waals surface area contributed by atoms with E-state index in [0.29, 0.717) is 17.2 Å². The van der Waals surface area contributed by atoms with Crippen molar-refractivity contribution in [1.82, 2.24) is 4.98 Å². The minimum Gasteiger partial charge on any atom is -0.480 e. The molecule has 1 aliphatic rings. The van der Waals surface area contributed by atoms with Crippen LogP contribution in [0.15, 0.2) is 30.5 Å². The number of aromatic nitrogens is 1. The van der Waals surface area contributed by atoms with Gasteiger partial charge >= 0.3 is 12.0 Å². The number of carboxylic acids is 1. The molecule has 0 bridgehead atoms. The van der Waals surface area contributed by atoms with Crippen LogP contribution in [0.5, 0.6) is 0 Å². The van der Waals surface area contributed by atoms with E-state index in [4.69, 9.17) is 0 Å². The van der Waals surface area contributed by atoms with Crippen LogP contribution in [0.3, 0.4) is 0 Å². The van der Waals surface area contributed by atoms with E-state index >= 15 is 0 Å². The smallest absolute Gasteiger partial charge is 0.328 e. The van der Waals surface area contributed by atoms with Gasteiger partial charge in [0.2, 0.25) is 0 Å². The van der Waals surface area contributed by atoms with E-state index in [-0.39, 0.29) is 0 Å². The molecule has 0 aliphatic carbocycles. The number of carbonyl (C=O) groups excluding carboxylic acids is 1. The van der Waals surface area contributed by atoms with Gasteiger partial charge in [-0.15, -0.1) is 11.3 Å². The Bertz CT molecular complexity index is 713. The van der Waals surface area contributed by atoms with Gasteiger partial charge in [0.15, 0.2) is 5.13 Å². The zero-order valence-electron chi connectivity index (χ0n) is 11.2. The van der Waals surface area contributed by atoms with Crippen LogP contribution in [-0.2, 0) is 11.2 Å². The van der Waals surface area contributed by atoms with Crippen molar-refractivity contribution in [2.24, 2.45) is 0 Å². The lowest BCUT2D eigenvalue weighted by atomic mass is 10.1. The summed E-state index contributed by atoms with van der Waals surface area (Å²) in [5.74, 6) is -1.02. The van der Waals surface area contributed by atoms with Gasteiger partial charge in [-0.25, -0.2) is 14.6 Å². The lowest BCUT2D eigenvalue weighted by Gasteiger charge is -2.22. The first kappa shape index (κ1) is 13.6. The van der Waals surface area contributed by atoms with E-state index in [1.54, 1.807) is 18.3 Å². The fraction of sp³-hybridized carbons (Fsp3) is 0.214. The van der Waals surface area contributed by atoms with E-state index in [1.165, 1.54) is 16.2 Å². The zero-order valence-corrected chi connectivity index (χ0v) is 12.1. The van der Waals surface area contributed by atoms with Crippen molar-refractivity contribution in [2.75, 3.05) is 10.2 Å². The third-order valence-corrected chi connectivity index (χ3v) is 4.14. The first-order valence-corrected chi connectivity index (χ1v) is 7.21. The van der Waals surface area contributed by atoms with Gasteiger partial charge in [0.05, 0.1) is 0 Å². The summed E-state index contributed by atoms with van der Waals surface area (Å²) in [7, 11) is 0. The van der Waals surface area contributed by atoms with Crippen LogP contribution in [0.4, 0.5) is 15.6 Å². The fourth-order valence-electron chi connectivity index (χ4n) is 2.40. The number of amides is 2. The Morgan fingerprint density at radius 1 is 1.43 bits per heavy atom. The number of hydrogen-bond donors (Lipinski definition) is 2. The van der Waals surface area contributed by atoms with Crippen molar-refractivity contribution in [2.45, 2.75) is 19.4 Å². The van der Waals surface area contributed by atoms with Gasteiger partial charge in [-0.05, 0) is 18.6 Å². The molecule has 2 N–H and O–H groups in total. The molecule has 1 unspecified atom stereocenters. The number of nitrogens with one attached hydrogen (secondary N) is 1. The quantitative estimate of drug-likeness (QED) is 0.893. The number of fused-ring (bicyclic) bond motifs is 1. The minimum atomic E-state index is -1.02. The molecule has 0 radical (unpaired) electrons. The number of thiazole rings is 1. The van der Waals surface area contributed by atoms with Crippen LogP contribution in [0.1, 0.15) is 10.4 Å². The topological polar surface area (TPSA) is 82.5 Å². The number of carboxylic acid groups (broad SMARTS) is 1. The molecule has 2 heterocycles. The maximum Gasteiger partial charge on any atom is 0.328 e. The molecule has 1 aromatic heterocycles. The number of urea groups is 1. The summed E-state index contributed by atoms with van der Waals surface area (Å²) in [6.45, 7) is 1.89. The second-order valence-electron chi connectivity index (χ2n) is 4.76. The molecule has 108 valence electrons. The monoisotopic (exact) mass is 303 g/mol. The lowest BCUT2D eigenvalue weighted by Crippen LogP contribution is -2.45. The second-order valence-corrected chi connectivity index (χ2v) is 6.00. The summed E-state index contributed by atoms with van der Waals surface area (Å²) >= 11 is 1.35. The average Bonchev–Trinajstić information content (AvgIpc) is 3.02. The molecular formula is C14H13N3O3S. The number of aliphatic carboxylic acids is 1. The summed E-state index contributed by atoms with van der Waals surface area (Å²) in [4.78, 5) is 30.2. The molecule has 2 amide bonds. The Labute approximate surface area is 125 Å². The number of rotatable bonds is 2. The molecule has 0 fully saturated rings. The molecule has 21 heavy (non-hydrogen) atoms. The minimum absolute atomic E-state index is 0.315. The van der Waals surface area contributed by atoms with E-state index < -0.39 is 18.0 Å². The molecule has 2 aromatic rings. The molecule has 1 aromatic carbocycles.